The smallest absolute Gasteiger partial charge is 0.319 e. The number of urea groups is 2. The molecule has 0 spiro atoms. The van der Waals surface area contributed by atoms with Gasteiger partial charge in [-0.25, -0.2) is 18.4 Å². The Morgan fingerprint density at radius 2 is 1.13 bits per heavy atom. The van der Waals surface area contributed by atoms with Crippen molar-refractivity contribution >= 4 is 23.4 Å². The summed E-state index contributed by atoms with van der Waals surface area (Å²) >= 11 is 0. The molecule has 2 aromatic carbocycles. The van der Waals surface area contributed by atoms with Crippen molar-refractivity contribution in [3.63, 3.8) is 0 Å². The largest absolute Gasteiger partial charge is 0.338 e. The van der Waals surface area contributed by atoms with Crippen LogP contribution in [0.25, 0.3) is 0 Å². The number of amides is 4. The highest BCUT2D eigenvalue weighted by atomic mass is 19.1. The molecule has 0 aliphatic heterocycles. The van der Waals surface area contributed by atoms with Crippen molar-refractivity contribution in [1.29, 1.82) is 0 Å². The zero-order chi connectivity index (χ0) is 21.3. The topological polar surface area (TPSA) is 82.3 Å². The Balaban J connectivity index is 1.36. The molecule has 0 aromatic heterocycles. The first kappa shape index (κ1) is 21.5. The van der Waals surface area contributed by atoms with Crippen LogP contribution in [0, 0.1) is 23.5 Å². The lowest BCUT2D eigenvalue weighted by Crippen LogP contribution is -2.38. The van der Waals surface area contributed by atoms with Gasteiger partial charge in [-0.3, -0.25) is 0 Å². The van der Waals surface area contributed by atoms with E-state index < -0.39 is 0 Å². The predicted molar refractivity (Wildman–Crippen MR) is 112 cm³/mol. The summed E-state index contributed by atoms with van der Waals surface area (Å²) in [5.41, 5.74) is 1.07. The molecule has 1 saturated carbocycles. The first-order valence-electron chi connectivity index (χ1n) is 10.1. The van der Waals surface area contributed by atoms with Gasteiger partial charge in [0.2, 0.25) is 0 Å². The van der Waals surface area contributed by atoms with Crippen LogP contribution in [-0.2, 0) is 0 Å². The minimum atomic E-state index is -0.353. The number of hydrogen-bond acceptors (Lipinski definition) is 2. The second-order valence-corrected chi connectivity index (χ2v) is 7.58. The highest BCUT2D eigenvalue weighted by Gasteiger charge is 2.23. The first-order valence-corrected chi connectivity index (χ1v) is 10.1. The van der Waals surface area contributed by atoms with Gasteiger partial charge in [0, 0.05) is 24.5 Å². The zero-order valence-corrected chi connectivity index (χ0v) is 16.6. The van der Waals surface area contributed by atoms with E-state index in [2.05, 4.69) is 21.3 Å². The predicted octanol–water partition coefficient (Wildman–Crippen LogP) is 4.71. The maximum atomic E-state index is 12.9. The maximum Gasteiger partial charge on any atom is 0.319 e. The van der Waals surface area contributed by atoms with Crippen molar-refractivity contribution in [2.24, 2.45) is 11.8 Å². The van der Waals surface area contributed by atoms with Crippen molar-refractivity contribution in [1.82, 2.24) is 10.6 Å². The van der Waals surface area contributed by atoms with Crippen molar-refractivity contribution in [3.05, 3.63) is 60.2 Å². The molecule has 0 saturated heterocycles. The van der Waals surface area contributed by atoms with Crippen LogP contribution in [0.2, 0.25) is 0 Å². The molecule has 6 nitrogen and oxygen atoms in total. The molecule has 0 heterocycles. The Bertz CT molecular complexity index is 774. The highest BCUT2D eigenvalue weighted by Crippen LogP contribution is 2.28. The molecule has 0 radical (unpaired) electrons. The third-order valence-electron chi connectivity index (χ3n) is 5.20. The van der Waals surface area contributed by atoms with Crippen molar-refractivity contribution in [2.45, 2.75) is 25.7 Å². The number of nitrogens with one attached hydrogen (secondary N) is 4. The molecule has 0 unspecified atom stereocenters. The number of carbonyl (C=O) groups excluding carboxylic acids is 2. The number of hydrogen-bond donors (Lipinski definition) is 4. The summed E-state index contributed by atoms with van der Waals surface area (Å²) in [4.78, 5) is 24.1. The van der Waals surface area contributed by atoms with E-state index in [1.54, 1.807) is 0 Å². The molecular weight excluding hydrogens is 390 g/mol. The molecule has 3 rings (SSSR count). The molecule has 160 valence electrons. The normalized spacial score (nSPS) is 18.3. The summed E-state index contributed by atoms with van der Waals surface area (Å²) in [5, 5.41) is 11.1. The standard InChI is InChI=1S/C22H26F2N4O2/c23-17-4-8-19(9-5-17)27-21(29)25-13-15-2-1-3-16(12-15)14-26-22(30)28-20-10-6-18(24)7-11-20/h4-11,15-16H,1-3,12-14H2,(H2,25,27,29)(H2,26,28,30)/t15-,16-/m1/s1. The van der Waals surface area contributed by atoms with Crippen molar-refractivity contribution in [3.8, 4) is 0 Å². The van der Waals surface area contributed by atoms with E-state index >= 15 is 0 Å². The van der Waals surface area contributed by atoms with Gasteiger partial charge in [-0.15, -0.1) is 0 Å². The van der Waals surface area contributed by atoms with E-state index in [9.17, 15) is 18.4 Å². The highest BCUT2D eigenvalue weighted by molar-refractivity contribution is 5.89. The van der Waals surface area contributed by atoms with E-state index in [4.69, 9.17) is 0 Å². The number of rotatable bonds is 6. The molecule has 1 fully saturated rings. The first-order chi connectivity index (χ1) is 14.5. The van der Waals surface area contributed by atoms with Crippen LogP contribution >= 0.6 is 0 Å². The second kappa shape index (κ2) is 10.6. The minimum Gasteiger partial charge on any atom is -0.338 e. The Morgan fingerprint density at radius 3 is 1.53 bits per heavy atom. The number of carbonyl (C=O) groups is 2. The average Bonchev–Trinajstić information content (AvgIpc) is 2.74. The van der Waals surface area contributed by atoms with Crippen LogP contribution in [0.15, 0.2) is 48.5 Å². The second-order valence-electron chi connectivity index (χ2n) is 7.58. The van der Waals surface area contributed by atoms with Gasteiger partial charge >= 0.3 is 12.1 Å². The van der Waals surface area contributed by atoms with Gasteiger partial charge in [-0.1, -0.05) is 6.42 Å². The van der Waals surface area contributed by atoms with Gasteiger partial charge in [0.15, 0.2) is 0 Å². The number of benzene rings is 2. The maximum absolute atomic E-state index is 12.9. The van der Waals surface area contributed by atoms with E-state index in [1.807, 2.05) is 0 Å². The van der Waals surface area contributed by atoms with Gasteiger partial charge in [-0.2, -0.15) is 0 Å². The van der Waals surface area contributed by atoms with Crippen LogP contribution in [-0.4, -0.2) is 25.2 Å². The lowest BCUT2D eigenvalue weighted by molar-refractivity contribution is 0.230. The number of halogens is 2. The van der Waals surface area contributed by atoms with E-state index in [1.165, 1.54) is 48.5 Å². The molecule has 2 atom stereocenters. The molecule has 4 N–H and O–H groups in total. The molecular formula is C22H26F2N4O2. The van der Waals surface area contributed by atoms with E-state index in [-0.39, 0.29) is 23.7 Å². The van der Waals surface area contributed by atoms with Crippen LogP contribution in [0.4, 0.5) is 29.7 Å². The quantitative estimate of drug-likeness (QED) is 0.550. The monoisotopic (exact) mass is 416 g/mol. The average molecular weight is 416 g/mol. The summed E-state index contributed by atoms with van der Waals surface area (Å²) < 4.78 is 25.8. The van der Waals surface area contributed by atoms with E-state index in [0.29, 0.717) is 36.3 Å². The van der Waals surface area contributed by atoms with Crippen LogP contribution in [0.5, 0.6) is 0 Å². The zero-order valence-electron chi connectivity index (χ0n) is 16.6. The van der Waals surface area contributed by atoms with Gasteiger partial charge in [0.25, 0.3) is 0 Å². The summed E-state index contributed by atoms with van der Waals surface area (Å²) in [6.07, 6.45) is 4.00. The van der Waals surface area contributed by atoms with Crippen LogP contribution < -0.4 is 21.3 Å². The third-order valence-corrected chi connectivity index (χ3v) is 5.20. The SMILES string of the molecule is O=C(NC[C@@H]1CCC[C@@H](CNC(=O)Nc2ccc(F)cc2)C1)Nc1ccc(F)cc1. The molecule has 4 amide bonds. The lowest BCUT2D eigenvalue weighted by Gasteiger charge is -2.29. The van der Waals surface area contributed by atoms with Crippen molar-refractivity contribution < 1.29 is 18.4 Å². The molecule has 1 aliphatic carbocycles. The molecule has 1 aliphatic rings. The molecule has 0 bridgehead atoms. The minimum absolute atomic E-state index is 0.319. The number of anilines is 2. The Labute approximate surface area is 174 Å². The van der Waals surface area contributed by atoms with Crippen molar-refractivity contribution in [2.75, 3.05) is 23.7 Å². The summed E-state index contributed by atoms with van der Waals surface area (Å²) in [7, 11) is 0. The van der Waals surface area contributed by atoms with Crippen LogP contribution in [0.3, 0.4) is 0 Å². The Morgan fingerprint density at radius 1 is 0.733 bits per heavy atom. The molecule has 2 aromatic rings. The third kappa shape index (κ3) is 7.02. The Kier molecular flexibility index (Phi) is 7.59. The fourth-order valence-electron chi connectivity index (χ4n) is 3.66. The van der Waals surface area contributed by atoms with E-state index in [0.717, 1.165) is 25.7 Å². The molecule has 8 heteroatoms. The summed E-state index contributed by atoms with van der Waals surface area (Å²) in [6.45, 7) is 1.09. The van der Waals surface area contributed by atoms with Gasteiger partial charge in [-0.05, 0) is 79.6 Å². The van der Waals surface area contributed by atoms with Gasteiger partial charge < -0.3 is 21.3 Å². The Hall–Kier alpha value is -3.16. The summed E-state index contributed by atoms with van der Waals surface area (Å²) in [6, 6.07) is 10.6. The van der Waals surface area contributed by atoms with Gasteiger partial charge in [0.05, 0.1) is 0 Å². The fraction of sp³-hybridized carbons (Fsp3) is 0.364. The lowest BCUT2D eigenvalue weighted by atomic mass is 9.81. The summed E-state index contributed by atoms with van der Waals surface area (Å²) in [5.74, 6) is -0.0299. The fourth-order valence-corrected chi connectivity index (χ4v) is 3.66. The molecule has 30 heavy (non-hydrogen) atoms. The van der Waals surface area contributed by atoms with Crippen LogP contribution in [0.1, 0.15) is 25.7 Å². The van der Waals surface area contributed by atoms with Gasteiger partial charge in [0.1, 0.15) is 11.6 Å².